The molecule has 0 aromatic rings. The van der Waals surface area contributed by atoms with Crippen LogP contribution in [0.2, 0.25) is 0 Å². The second-order valence-corrected chi connectivity index (χ2v) is 5.99. The maximum Gasteiger partial charge on any atom is 0.151 e. The van der Waals surface area contributed by atoms with E-state index in [2.05, 4.69) is 0 Å². The first kappa shape index (κ1) is 11.9. The molecule has 0 amide bonds. The van der Waals surface area contributed by atoms with Crippen LogP contribution >= 0.6 is 0 Å². The number of sulfone groups is 1. The Bertz CT molecular complexity index is 209. The lowest BCUT2D eigenvalue weighted by Crippen LogP contribution is -2.31. The van der Waals surface area contributed by atoms with Crippen LogP contribution in [0.15, 0.2) is 0 Å². The molecule has 0 fully saturated rings. The van der Waals surface area contributed by atoms with E-state index < -0.39 is 9.84 Å². The topological polar surface area (TPSA) is 60.2 Å². The molecule has 3 nitrogen and oxygen atoms in total. The third-order valence-corrected chi connectivity index (χ3v) is 3.50. The van der Waals surface area contributed by atoms with E-state index in [0.717, 1.165) is 6.42 Å². The molecule has 0 aromatic heterocycles. The van der Waals surface area contributed by atoms with Crippen LogP contribution in [0.5, 0.6) is 0 Å². The molecule has 0 saturated heterocycles. The Kier molecular flexibility index (Phi) is 4.78. The van der Waals surface area contributed by atoms with Gasteiger partial charge >= 0.3 is 0 Å². The van der Waals surface area contributed by atoms with Crippen molar-refractivity contribution in [3.05, 3.63) is 0 Å². The van der Waals surface area contributed by atoms with Gasteiger partial charge < -0.3 is 5.73 Å². The van der Waals surface area contributed by atoms with Crippen molar-refractivity contribution >= 4 is 9.84 Å². The highest BCUT2D eigenvalue weighted by Gasteiger charge is 2.14. The average molecular weight is 193 g/mol. The first-order valence-electron chi connectivity index (χ1n) is 4.33. The molecule has 4 heteroatoms. The van der Waals surface area contributed by atoms with Crippen LogP contribution in [0.3, 0.4) is 0 Å². The van der Waals surface area contributed by atoms with Gasteiger partial charge in [0.05, 0.1) is 5.75 Å². The van der Waals surface area contributed by atoms with E-state index in [1.54, 1.807) is 6.92 Å². The predicted octanol–water partition coefficient (Wildman–Crippen LogP) is 0.794. The molecule has 0 aromatic carbocycles. The molecule has 0 aliphatic heterocycles. The molecule has 74 valence electrons. The summed E-state index contributed by atoms with van der Waals surface area (Å²) in [5, 5.41) is 0. The van der Waals surface area contributed by atoms with Gasteiger partial charge in [-0.2, -0.15) is 0 Å². The van der Waals surface area contributed by atoms with E-state index >= 15 is 0 Å². The molecule has 12 heavy (non-hydrogen) atoms. The van der Waals surface area contributed by atoms with Gasteiger partial charge in [-0.25, -0.2) is 8.42 Å². The highest BCUT2D eigenvalue weighted by atomic mass is 32.2. The minimum atomic E-state index is -2.89. The zero-order valence-corrected chi connectivity index (χ0v) is 8.89. The van der Waals surface area contributed by atoms with E-state index in [1.165, 1.54) is 0 Å². The van der Waals surface area contributed by atoms with Gasteiger partial charge in [-0.15, -0.1) is 0 Å². The van der Waals surface area contributed by atoms with Gasteiger partial charge in [0.15, 0.2) is 9.84 Å². The van der Waals surface area contributed by atoms with Gasteiger partial charge in [-0.1, -0.05) is 20.8 Å². The minimum absolute atomic E-state index is 0.127. The summed E-state index contributed by atoms with van der Waals surface area (Å²) in [5.74, 6) is 0.785. The summed E-state index contributed by atoms with van der Waals surface area (Å²) in [4.78, 5) is 0. The monoisotopic (exact) mass is 193 g/mol. The lowest BCUT2D eigenvalue weighted by atomic mass is 10.1. The fourth-order valence-electron chi connectivity index (χ4n) is 1.12. The Hall–Kier alpha value is -0.0900. The maximum atomic E-state index is 11.1. The van der Waals surface area contributed by atoms with E-state index in [4.69, 9.17) is 5.73 Å². The Labute approximate surface area is 75.3 Å². The number of rotatable bonds is 5. The van der Waals surface area contributed by atoms with Crippen LogP contribution in [0.1, 0.15) is 27.2 Å². The zero-order valence-electron chi connectivity index (χ0n) is 8.08. The van der Waals surface area contributed by atoms with Crippen LogP contribution in [0.4, 0.5) is 0 Å². The van der Waals surface area contributed by atoms with Crippen molar-refractivity contribution in [2.75, 3.05) is 11.5 Å². The van der Waals surface area contributed by atoms with Crippen molar-refractivity contribution in [2.24, 2.45) is 11.7 Å². The molecule has 0 bridgehead atoms. The van der Waals surface area contributed by atoms with Gasteiger partial charge in [-0.05, 0) is 12.3 Å². The standard InChI is InChI=1S/C8H19NO2S/c1-4-12(10,11)6-8(9)5-7(2)3/h7-8H,4-6,9H2,1-3H3/t8-/m0/s1. The van der Waals surface area contributed by atoms with Crippen molar-refractivity contribution in [1.82, 2.24) is 0 Å². The Morgan fingerprint density at radius 3 is 2.17 bits per heavy atom. The Balaban J connectivity index is 3.93. The smallest absolute Gasteiger partial charge is 0.151 e. The third kappa shape index (κ3) is 5.55. The molecule has 0 saturated carbocycles. The third-order valence-electron chi connectivity index (χ3n) is 1.68. The van der Waals surface area contributed by atoms with Gasteiger partial charge in [0.25, 0.3) is 0 Å². The summed E-state index contributed by atoms with van der Waals surface area (Å²) in [6, 6.07) is -0.199. The molecule has 0 aliphatic rings. The van der Waals surface area contributed by atoms with Gasteiger partial charge in [0, 0.05) is 11.8 Å². The summed E-state index contributed by atoms with van der Waals surface area (Å²) in [6.45, 7) is 5.73. The second-order valence-electron chi connectivity index (χ2n) is 3.59. The van der Waals surface area contributed by atoms with Gasteiger partial charge in [0.2, 0.25) is 0 Å². The second kappa shape index (κ2) is 4.82. The Morgan fingerprint density at radius 1 is 1.33 bits per heavy atom. The molecular formula is C8H19NO2S. The van der Waals surface area contributed by atoms with E-state index in [1.807, 2.05) is 13.8 Å². The quantitative estimate of drug-likeness (QED) is 0.702. The summed E-state index contributed by atoms with van der Waals surface area (Å²) in [6.07, 6.45) is 0.777. The van der Waals surface area contributed by atoms with E-state index in [-0.39, 0.29) is 17.5 Å². The normalized spacial score (nSPS) is 15.1. The molecule has 0 radical (unpaired) electrons. The van der Waals surface area contributed by atoms with E-state index in [0.29, 0.717) is 5.92 Å². The maximum absolute atomic E-state index is 11.1. The van der Waals surface area contributed by atoms with Crippen molar-refractivity contribution in [3.63, 3.8) is 0 Å². The van der Waals surface area contributed by atoms with Gasteiger partial charge in [-0.3, -0.25) is 0 Å². The van der Waals surface area contributed by atoms with Crippen LogP contribution in [-0.2, 0) is 9.84 Å². The molecule has 0 aliphatic carbocycles. The molecular weight excluding hydrogens is 174 g/mol. The zero-order chi connectivity index (χ0) is 9.78. The molecule has 0 rings (SSSR count). The average Bonchev–Trinajstić information content (AvgIpc) is 1.84. The van der Waals surface area contributed by atoms with Crippen molar-refractivity contribution < 1.29 is 8.42 Å². The SMILES string of the molecule is CCS(=O)(=O)C[C@@H](N)CC(C)C. The fourth-order valence-corrected chi connectivity index (χ4v) is 2.14. The molecule has 0 unspecified atom stereocenters. The highest BCUT2D eigenvalue weighted by molar-refractivity contribution is 7.91. The lowest BCUT2D eigenvalue weighted by Gasteiger charge is -2.13. The van der Waals surface area contributed by atoms with E-state index in [9.17, 15) is 8.42 Å². The summed E-state index contributed by atoms with van der Waals surface area (Å²) in [5.41, 5.74) is 5.66. The van der Waals surface area contributed by atoms with Crippen LogP contribution < -0.4 is 5.73 Å². The van der Waals surface area contributed by atoms with Crippen LogP contribution in [0, 0.1) is 5.92 Å². The molecule has 0 heterocycles. The van der Waals surface area contributed by atoms with Crippen molar-refractivity contribution in [3.8, 4) is 0 Å². The minimum Gasteiger partial charge on any atom is -0.327 e. The fraction of sp³-hybridized carbons (Fsp3) is 1.00. The Morgan fingerprint density at radius 2 is 1.83 bits per heavy atom. The molecule has 0 spiro atoms. The number of nitrogens with two attached hydrogens (primary N) is 1. The largest absolute Gasteiger partial charge is 0.327 e. The summed E-state index contributed by atoms with van der Waals surface area (Å²) >= 11 is 0. The summed E-state index contributed by atoms with van der Waals surface area (Å²) < 4.78 is 22.2. The van der Waals surface area contributed by atoms with Crippen molar-refractivity contribution in [1.29, 1.82) is 0 Å². The first-order valence-corrected chi connectivity index (χ1v) is 6.15. The van der Waals surface area contributed by atoms with Crippen LogP contribution in [0.25, 0.3) is 0 Å². The highest BCUT2D eigenvalue weighted by Crippen LogP contribution is 2.05. The summed E-state index contributed by atoms with van der Waals surface area (Å²) in [7, 11) is -2.89. The lowest BCUT2D eigenvalue weighted by molar-refractivity contribution is 0.513. The predicted molar refractivity (Wildman–Crippen MR) is 51.8 cm³/mol. The number of hydrogen-bond donors (Lipinski definition) is 1. The molecule has 2 N–H and O–H groups in total. The van der Waals surface area contributed by atoms with Crippen LogP contribution in [-0.4, -0.2) is 26.0 Å². The number of hydrogen-bond acceptors (Lipinski definition) is 3. The first-order chi connectivity index (χ1) is 5.37. The van der Waals surface area contributed by atoms with Gasteiger partial charge in [0.1, 0.15) is 0 Å². The van der Waals surface area contributed by atoms with Crippen molar-refractivity contribution in [2.45, 2.75) is 33.2 Å². The molecule has 1 atom stereocenters.